The summed E-state index contributed by atoms with van der Waals surface area (Å²) in [5, 5.41) is 41.6. The third-order valence-corrected chi connectivity index (χ3v) is 14.2. The topological polar surface area (TPSA) is 105 Å². The van der Waals surface area contributed by atoms with Gasteiger partial charge < -0.3 is 9.13 Å². The standard InChI is InChI=1S/C66H34F6N6/c67-65(68,69)52-15-5-14-51(28-52)64-62(77-58-20-16-47(43-10-1-6-39(24-43)35-73)29-54(58)55-30-48(17-21-59(55)77)44-11-2-7-40(25-44)36-74)33-53(66(70,71)72)34-63(64)78-60-22-18-49(45-12-3-8-41(26-45)37-75)31-56(60)57-32-50(19-23-61(57)78)46-13-4-9-42(27-46)38-76/h1-34H. The van der Waals surface area contributed by atoms with Gasteiger partial charge in [-0.1, -0.05) is 84.9 Å². The number of hydrogen-bond acceptors (Lipinski definition) is 4. The van der Waals surface area contributed by atoms with Crippen molar-refractivity contribution in [1.82, 2.24) is 9.13 Å². The third kappa shape index (κ3) is 8.41. The Morgan fingerprint density at radius 2 is 0.564 bits per heavy atom. The lowest BCUT2D eigenvalue weighted by Gasteiger charge is -2.23. The van der Waals surface area contributed by atoms with E-state index in [9.17, 15) is 34.2 Å². The fraction of sp³-hybridized carbons (Fsp3) is 0.0303. The average Bonchev–Trinajstić information content (AvgIpc) is 4.08. The quantitative estimate of drug-likeness (QED) is 0.148. The zero-order valence-electron chi connectivity index (χ0n) is 40.6. The number of halogens is 6. The zero-order chi connectivity index (χ0) is 54.0. The molecule has 12 rings (SSSR count). The molecule has 10 aromatic carbocycles. The summed E-state index contributed by atoms with van der Waals surface area (Å²) in [6, 6.07) is 65.1. The Kier molecular flexibility index (Phi) is 11.5. The van der Waals surface area contributed by atoms with Crippen molar-refractivity contribution in [2.75, 3.05) is 0 Å². The number of fused-ring (bicyclic) bond motifs is 6. The van der Waals surface area contributed by atoms with Gasteiger partial charge in [-0.3, -0.25) is 0 Å². The molecule has 12 heteroatoms. The smallest absolute Gasteiger partial charge is 0.309 e. The van der Waals surface area contributed by atoms with Crippen LogP contribution in [0.15, 0.2) is 206 Å². The molecule has 2 aromatic heterocycles. The van der Waals surface area contributed by atoms with Crippen molar-refractivity contribution >= 4 is 43.6 Å². The number of alkyl halides is 6. The molecule has 0 fully saturated rings. The molecule has 0 atom stereocenters. The highest BCUT2D eigenvalue weighted by Gasteiger charge is 2.36. The second-order valence-electron chi connectivity index (χ2n) is 18.8. The number of aromatic nitrogens is 2. The van der Waals surface area contributed by atoms with E-state index < -0.39 is 23.5 Å². The molecule has 0 spiro atoms. The first-order chi connectivity index (χ1) is 37.7. The zero-order valence-corrected chi connectivity index (χ0v) is 40.6. The molecule has 12 aromatic rings. The molecule has 0 unspecified atom stereocenters. The Bertz CT molecular complexity index is 4180. The summed E-state index contributed by atoms with van der Waals surface area (Å²) in [5.74, 6) is 0. The molecule has 0 bridgehead atoms. The Morgan fingerprint density at radius 1 is 0.282 bits per heavy atom. The lowest BCUT2D eigenvalue weighted by molar-refractivity contribution is -0.138. The van der Waals surface area contributed by atoms with Crippen molar-refractivity contribution in [3.8, 4) is 91.3 Å². The van der Waals surface area contributed by atoms with Gasteiger partial charge in [0.15, 0.2) is 0 Å². The summed E-state index contributed by atoms with van der Waals surface area (Å²) in [5.41, 5.74) is 6.80. The van der Waals surface area contributed by atoms with Gasteiger partial charge >= 0.3 is 12.4 Å². The van der Waals surface area contributed by atoms with E-state index in [0.29, 0.717) is 110 Å². The summed E-state index contributed by atoms with van der Waals surface area (Å²) in [6.07, 6.45) is -9.82. The Balaban J connectivity index is 1.23. The van der Waals surface area contributed by atoms with E-state index in [1.54, 1.807) is 130 Å². The predicted octanol–water partition coefficient (Wildman–Crippen LogP) is 17.7. The van der Waals surface area contributed by atoms with E-state index in [0.717, 1.165) is 24.3 Å². The van der Waals surface area contributed by atoms with E-state index in [1.165, 1.54) is 12.1 Å². The number of nitrogens with zero attached hydrogens (tertiary/aromatic N) is 6. The highest BCUT2D eigenvalue weighted by molar-refractivity contribution is 6.14. The lowest BCUT2D eigenvalue weighted by Crippen LogP contribution is -2.11. The minimum atomic E-state index is -4.98. The molecule has 2 heterocycles. The van der Waals surface area contributed by atoms with Crippen molar-refractivity contribution < 1.29 is 26.3 Å². The van der Waals surface area contributed by atoms with Gasteiger partial charge in [-0.2, -0.15) is 47.4 Å². The molecule has 0 radical (unpaired) electrons. The monoisotopic (exact) mass is 1020 g/mol. The fourth-order valence-electron chi connectivity index (χ4n) is 10.6. The molecule has 0 amide bonds. The summed E-state index contributed by atoms with van der Waals surface area (Å²) in [7, 11) is 0. The molecular formula is C66H34F6N6. The van der Waals surface area contributed by atoms with Crippen LogP contribution >= 0.6 is 0 Å². The van der Waals surface area contributed by atoms with Crippen molar-refractivity contribution in [2.24, 2.45) is 0 Å². The van der Waals surface area contributed by atoms with Gasteiger partial charge in [-0.05, 0) is 171 Å². The van der Waals surface area contributed by atoms with E-state index >= 15 is 13.2 Å². The fourth-order valence-corrected chi connectivity index (χ4v) is 10.6. The molecule has 0 aliphatic heterocycles. The number of rotatable bonds is 7. The first kappa shape index (κ1) is 48.3. The third-order valence-electron chi connectivity index (χ3n) is 14.2. The summed E-state index contributed by atoms with van der Waals surface area (Å²) >= 11 is 0. The van der Waals surface area contributed by atoms with Gasteiger partial charge in [0.05, 0.1) is 91.1 Å². The molecule has 78 heavy (non-hydrogen) atoms. The Labute approximate surface area is 441 Å². The number of hydrogen-bond donors (Lipinski definition) is 0. The van der Waals surface area contributed by atoms with Gasteiger partial charge in [0, 0.05) is 27.1 Å². The second-order valence-corrected chi connectivity index (χ2v) is 18.8. The van der Waals surface area contributed by atoms with Crippen LogP contribution in [0.5, 0.6) is 0 Å². The van der Waals surface area contributed by atoms with Crippen LogP contribution in [0.1, 0.15) is 33.4 Å². The van der Waals surface area contributed by atoms with E-state index in [4.69, 9.17) is 0 Å². The van der Waals surface area contributed by atoms with Crippen molar-refractivity contribution in [1.29, 1.82) is 21.0 Å². The van der Waals surface area contributed by atoms with Crippen molar-refractivity contribution in [2.45, 2.75) is 12.4 Å². The molecule has 0 aliphatic carbocycles. The largest absolute Gasteiger partial charge is 0.416 e. The first-order valence-electron chi connectivity index (χ1n) is 24.3. The van der Waals surface area contributed by atoms with Crippen LogP contribution in [-0.4, -0.2) is 9.13 Å². The maximum absolute atomic E-state index is 16.0. The van der Waals surface area contributed by atoms with Crippen LogP contribution in [0.25, 0.3) is 111 Å². The van der Waals surface area contributed by atoms with Crippen LogP contribution in [0.2, 0.25) is 0 Å². The minimum absolute atomic E-state index is 0.0155. The molecule has 0 saturated carbocycles. The normalized spacial score (nSPS) is 11.7. The minimum Gasteiger partial charge on any atom is -0.309 e. The maximum Gasteiger partial charge on any atom is 0.416 e. The van der Waals surface area contributed by atoms with Gasteiger partial charge in [-0.15, -0.1) is 0 Å². The van der Waals surface area contributed by atoms with Crippen LogP contribution in [0, 0.1) is 45.3 Å². The second kappa shape index (κ2) is 18.6. The molecule has 370 valence electrons. The van der Waals surface area contributed by atoms with Crippen LogP contribution in [0.3, 0.4) is 0 Å². The maximum atomic E-state index is 16.0. The highest BCUT2D eigenvalue weighted by atomic mass is 19.4. The first-order valence-corrected chi connectivity index (χ1v) is 24.3. The lowest BCUT2D eigenvalue weighted by atomic mass is 9.96. The number of benzene rings is 10. The van der Waals surface area contributed by atoms with Crippen molar-refractivity contribution in [3.63, 3.8) is 0 Å². The molecular weight excluding hydrogens is 991 g/mol. The Morgan fingerprint density at radius 3 is 0.859 bits per heavy atom. The van der Waals surface area contributed by atoms with Gasteiger partial charge in [0.2, 0.25) is 0 Å². The summed E-state index contributed by atoms with van der Waals surface area (Å²) in [6.45, 7) is 0. The molecule has 0 N–H and O–H groups in total. The molecule has 0 saturated heterocycles. The van der Waals surface area contributed by atoms with E-state index in [2.05, 4.69) is 24.3 Å². The van der Waals surface area contributed by atoms with E-state index in [1.807, 2.05) is 48.5 Å². The van der Waals surface area contributed by atoms with E-state index in [-0.39, 0.29) is 22.5 Å². The van der Waals surface area contributed by atoms with Crippen molar-refractivity contribution in [3.05, 3.63) is 240 Å². The van der Waals surface area contributed by atoms with Gasteiger partial charge in [0.25, 0.3) is 0 Å². The Hall–Kier alpha value is -10.7. The highest BCUT2D eigenvalue weighted by Crippen LogP contribution is 2.48. The van der Waals surface area contributed by atoms with Gasteiger partial charge in [-0.25, -0.2) is 0 Å². The van der Waals surface area contributed by atoms with Gasteiger partial charge in [0.1, 0.15) is 0 Å². The van der Waals surface area contributed by atoms with Crippen LogP contribution in [-0.2, 0) is 12.4 Å². The molecule has 0 aliphatic rings. The summed E-state index contributed by atoms with van der Waals surface area (Å²) in [4.78, 5) is 0. The summed E-state index contributed by atoms with van der Waals surface area (Å²) < 4.78 is 96.2. The van der Waals surface area contributed by atoms with Crippen LogP contribution in [0.4, 0.5) is 26.3 Å². The number of nitriles is 4. The predicted molar refractivity (Wildman–Crippen MR) is 291 cm³/mol. The average molecular weight is 1030 g/mol. The SMILES string of the molecule is N#Cc1cccc(-c2ccc3c(c2)c2cc(-c4cccc(C#N)c4)ccc2n3-c2cc(C(F)(F)F)cc(-n3c4ccc(-c5cccc(C#N)c5)cc4c4cc(-c5cccc(C#N)c5)ccc43)c2-c2cccc(C(F)(F)F)c2)c1. The van der Waals surface area contributed by atoms with Crippen LogP contribution < -0.4 is 0 Å². The molecule has 6 nitrogen and oxygen atoms in total.